The SMILES string of the molecule is Cc1ccc(NCCC(=O)N(C)C)c(Cl)c1. The van der Waals surface area contributed by atoms with E-state index < -0.39 is 0 Å². The molecule has 1 aromatic carbocycles. The van der Waals surface area contributed by atoms with Crippen molar-refractivity contribution in [2.24, 2.45) is 0 Å². The Morgan fingerprint density at radius 1 is 1.44 bits per heavy atom. The van der Waals surface area contributed by atoms with Gasteiger partial charge in [-0.2, -0.15) is 0 Å². The van der Waals surface area contributed by atoms with Crippen molar-refractivity contribution in [2.45, 2.75) is 13.3 Å². The first-order chi connectivity index (χ1) is 7.50. The molecule has 0 spiro atoms. The van der Waals surface area contributed by atoms with E-state index in [9.17, 15) is 4.79 Å². The van der Waals surface area contributed by atoms with Crippen molar-refractivity contribution < 1.29 is 4.79 Å². The fraction of sp³-hybridized carbons (Fsp3) is 0.417. The second-order valence-electron chi connectivity index (χ2n) is 3.95. The van der Waals surface area contributed by atoms with Crippen LogP contribution in [0, 0.1) is 6.92 Å². The maximum Gasteiger partial charge on any atom is 0.223 e. The number of hydrogen-bond donors (Lipinski definition) is 1. The summed E-state index contributed by atoms with van der Waals surface area (Å²) >= 11 is 6.05. The van der Waals surface area contributed by atoms with Crippen LogP contribution in [0.15, 0.2) is 18.2 Å². The average Bonchev–Trinajstić information content (AvgIpc) is 2.20. The lowest BCUT2D eigenvalue weighted by atomic mass is 10.2. The van der Waals surface area contributed by atoms with Crippen LogP contribution in [-0.2, 0) is 4.79 Å². The Labute approximate surface area is 101 Å². The maximum atomic E-state index is 11.3. The van der Waals surface area contributed by atoms with Crippen LogP contribution in [0.3, 0.4) is 0 Å². The van der Waals surface area contributed by atoms with Crippen molar-refractivity contribution in [3.63, 3.8) is 0 Å². The molecule has 1 aromatic rings. The highest BCUT2D eigenvalue weighted by molar-refractivity contribution is 6.33. The number of rotatable bonds is 4. The lowest BCUT2D eigenvalue weighted by Crippen LogP contribution is -2.23. The molecule has 1 N–H and O–H groups in total. The normalized spacial score (nSPS) is 10.0. The first-order valence-corrected chi connectivity index (χ1v) is 5.58. The topological polar surface area (TPSA) is 32.3 Å². The summed E-state index contributed by atoms with van der Waals surface area (Å²) in [6.45, 7) is 2.59. The van der Waals surface area contributed by atoms with E-state index in [1.807, 2.05) is 25.1 Å². The Hall–Kier alpha value is -1.22. The fourth-order valence-corrected chi connectivity index (χ4v) is 1.59. The zero-order valence-corrected chi connectivity index (χ0v) is 10.6. The molecule has 0 aliphatic heterocycles. The van der Waals surface area contributed by atoms with E-state index in [2.05, 4.69) is 5.32 Å². The van der Waals surface area contributed by atoms with Crippen molar-refractivity contribution in [2.75, 3.05) is 26.0 Å². The molecule has 0 radical (unpaired) electrons. The van der Waals surface area contributed by atoms with Crippen LogP contribution in [-0.4, -0.2) is 31.4 Å². The largest absolute Gasteiger partial charge is 0.383 e. The standard InChI is InChI=1S/C12H17ClN2O/c1-9-4-5-11(10(13)8-9)14-7-6-12(16)15(2)3/h4-5,8,14H,6-7H2,1-3H3. The van der Waals surface area contributed by atoms with Gasteiger partial charge in [0.2, 0.25) is 5.91 Å². The quantitative estimate of drug-likeness (QED) is 0.877. The van der Waals surface area contributed by atoms with E-state index in [0.717, 1.165) is 11.3 Å². The number of nitrogens with one attached hydrogen (secondary N) is 1. The van der Waals surface area contributed by atoms with Gasteiger partial charge in [-0.25, -0.2) is 0 Å². The van der Waals surface area contributed by atoms with Gasteiger partial charge in [0.05, 0.1) is 10.7 Å². The molecule has 0 unspecified atom stereocenters. The number of amides is 1. The van der Waals surface area contributed by atoms with E-state index in [4.69, 9.17) is 11.6 Å². The van der Waals surface area contributed by atoms with Crippen molar-refractivity contribution in [1.82, 2.24) is 4.90 Å². The Morgan fingerprint density at radius 3 is 2.69 bits per heavy atom. The Morgan fingerprint density at radius 2 is 2.12 bits per heavy atom. The number of carbonyl (C=O) groups is 1. The van der Waals surface area contributed by atoms with E-state index in [1.165, 1.54) is 0 Å². The number of carbonyl (C=O) groups excluding carboxylic acids is 1. The van der Waals surface area contributed by atoms with Gasteiger partial charge >= 0.3 is 0 Å². The summed E-state index contributed by atoms with van der Waals surface area (Å²) in [6.07, 6.45) is 0.469. The van der Waals surface area contributed by atoms with Crippen molar-refractivity contribution in [3.05, 3.63) is 28.8 Å². The molecule has 0 heterocycles. The number of halogens is 1. The molecular weight excluding hydrogens is 224 g/mol. The molecule has 0 aliphatic rings. The monoisotopic (exact) mass is 240 g/mol. The van der Waals surface area contributed by atoms with Gasteiger partial charge in [0.1, 0.15) is 0 Å². The second-order valence-corrected chi connectivity index (χ2v) is 4.36. The highest BCUT2D eigenvalue weighted by Gasteiger charge is 2.04. The number of nitrogens with zero attached hydrogens (tertiary/aromatic N) is 1. The lowest BCUT2D eigenvalue weighted by Gasteiger charge is -2.12. The van der Waals surface area contributed by atoms with Crippen molar-refractivity contribution >= 4 is 23.2 Å². The van der Waals surface area contributed by atoms with E-state index in [-0.39, 0.29) is 5.91 Å². The minimum Gasteiger partial charge on any atom is -0.383 e. The highest BCUT2D eigenvalue weighted by atomic mass is 35.5. The van der Waals surface area contributed by atoms with Crippen LogP contribution in [0.2, 0.25) is 5.02 Å². The molecule has 1 rings (SSSR count). The maximum absolute atomic E-state index is 11.3. The van der Waals surface area contributed by atoms with Crippen LogP contribution in [0.25, 0.3) is 0 Å². The minimum atomic E-state index is 0.107. The predicted octanol–water partition coefficient (Wildman–Crippen LogP) is 2.54. The third-order valence-corrected chi connectivity index (χ3v) is 2.59. The zero-order chi connectivity index (χ0) is 12.1. The molecule has 0 aromatic heterocycles. The van der Waals surface area contributed by atoms with E-state index in [0.29, 0.717) is 18.0 Å². The molecule has 0 fully saturated rings. The fourth-order valence-electron chi connectivity index (χ4n) is 1.29. The molecular formula is C12H17ClN2O. The first-order valence-electron chi connectivity index (χ1n) is 5.21. The summed E-state index contributed by atoms with van der Waals surface area (Å²) in [7, 11) is 3.50. The predicted molar refractivity (Wildman–Crippen MR) is 68.0 cm³/mol. The zero-order valence-electron chi connectivity index (χ0n) is 9.88. The molecule has 0 aliphatic carbocycles. The average molecular weight is 241 g/mol. The van der Waals surface area contributed by atoms with E-state index in [1.54, 1.807) is 19.0 Å². The number of hydrogen-bond acceptors (Lipinski definition) is 2. The van der Waals surface area contributed by atoms with Gasteiger partial charge < -0.3 is 10.2 Å². The minimum absolute atomic E-state index is 0.107. The smallest absolute Gasteiger partial charge is 0.223 e. The van der Waals surface area contributed by atoms with Gasteiger partial charge in [0.25, 0.3) is 0 Å². The van der Waals surface area contributed by atoms with Crippen LogP contribution in [0.1, 0.15) is 12.0 Å². The summed E-state index contributed by atoms with van der Waals surface area (Å²) < 4.78 is 0. The van der Waals surface area contributed by atoms with Crippen LogP contribution in [0.5, 0.6) is 0 Å². The second kappa shape index (κ2) is 5.75. The Bertz CT molecular complexity index is 377. The molecule has 4 heteroatoms. The molecule has 88 valence electrons. The number of anilines is 1. The lowest BCUT2D eigenvalue weighted by molar-refractivity contribution is -0.128. The molecule has 0 saturated carbocycles. The highest BCUT2D eigenvalue weighted by Crippen LogP contribution is 2.22. The Balaban J connectivity index is 2.46. The third kappa shape index (κ3) is 3.74. The molecule has 0 atom stereocenters. The van der Waals surface area contributed by atoms with Gasteiger partial charge in [-0.1, -0.05) is 17.7 Å². The number of benzene rings is 1. The van der Waals surface area contributed by atoms with Gasteiger partial charge in [0, 0.05) is 27.1 Å². The van der Waals surface area contributed by atoms with Crippen LogP contribution in [0.4, 0.5) is 5.69 Å². The summed E-state index contributed by atoms with van der Waals surface area (Å²) in [5, 5.41) is 3.84. The van der Waals surface area contributed by atoms with Crippen LogP contribution < -0.4 is 5.32 Å². The summed E-state index contributed by atoms with van der Waals surface area (Å²) in [5.74, 6) is 0.107. The summed E-state index contributed by atoms with van der Waals surface area (Å²) in [4.78, 5) is 12.9. The summed E-state index contributed by atoms with van der Waals surface area (Å²) in [5.41, 5.74) is 2.00. The molecule has 0 saturated heterocycles. The third-order valence-electron chi connectivity index (χ3n) is 2.28. The van der Waals surface area contributed by atoms with Gasteiger partial charge in [-0.3, -0.25) is 4.79 Å². The molecule has 0 bridgehead atoms. The van der Waals surface area contributed by atoms with Gasteiger partial charge in [0.15, 0.2) is 0 Å². The Kier molecular flexibility index (Phi) is 4.62. The number of aryl methyl sites for hydroxylation is 1. The molecule has 1 amide bonds. The first kappa shape index (κ1) is 12.8. The van der Waals surface area contributed by atoms with Gasteiger partial charge in [-0.15, -0.1) is 0 Å². The van der Waals surface area contributed by atoms with E-state index >= 15 is 0 Å². The van der Waals surface area contributed by atoms with Crippen LogP contribution >= 0.6 is 11.6 Å². The molecule has 16 heavy (non-hydrogen) atoms. The van der Waals surface area contributed by atoms with Crippen molar-refractivity contribution in [1.29, 1.82) is 0 Å². The summed E-state index contributed by atoms with van der Waals surface area (Å²) in [6, 6.07) is 5.82. The van der Waals surface area contributed by atoms with Gasteiger partial charge in [-0.05, 0) is 24.6 Å². The van der Waals surface area contributed by atoms with Crippen molar-refractivity contribution in [3.8, 4) is 0 Å². The molecule has 3 nitrogen and oxygen atoms in total.